The van der Waals surface area contributed by atoms with Crippen molar-refractivity contribution in [3.8, 4) is 11.5 Å². The maximum Gasteiger partial charge on any atom is 0.227 e. The van der Waals surface area contributed by atoms with Gasteiger partial charge in [0.15, 0.2) is 17.3 Å². The van der Waals surface area contributed by atoms with Crippen molar-refractivity contribution in [3.05, 3.63) is 35.9 Å². The van der Waals surface area contributed by atoms with Crippen LogP contribution in [0.25, 0.3) is 0 Å². The molecule has 1 N–H and O–H groups in total. The highest BCUT2D eigenvalue weighted by Gasteiger charge is 2.28. The first-order valence-electron chi connectivity index (χ1n) is 9.71. The van der Waals surface area contributed by atoms with Gasteiger partial charge in [-0.15, -0.1) is 10.2 Å². The summed E-state index contributed by atoms with van der Waals surface area (Å²) in [6.07, 6.45) is 8.56. The fourth-order valence-electron chi connectivity index (χ4n) is 4.09. The molecule has 0 radical (unpaired) electrons. The topological polar surface area (TPSA) is 78.3 Å². The van der Waals surface area contributed by atoms with Gasteiger partial charge in [-0.2, -0.15) is 0 Å². The molecule has 1 aromatic heterocycles. The van der Waals surface area contributed by atoms with Crippen LogP contribution >= 0.6 is 0 Å². The van der Waals surface area contributed by atoms with Crippen LogP contribution in [0.4, 0.5) is 0 Å². The molecule has 2 aliphatic rings. The Balaban J connectivity index is 1.37. The molecule has 1 fully saturated rings. The third-order valence-corrected chi connectivity index (χ3v) is 5.58. The van der Waals surface area contributed by atoms with Gasteiger partial charge in [-0.25, -0.2) is 0 Å². The Bertz CT molecular complexity index is 798. The van der Waals surface area contributed by atoms with Gasteiger partial charge in [0.05, 0.1) is 19.6 Å². The molecule has 1 aromatic carbocycles. The molecule has 0 spiro atoms. The van der Waals surface area contributed by atoms with Gasteiger partial charge in [0, 0.05) is 6.04 Å². The van der Waals surface area contributed by atoms with Crippen molar-refractivity contribution < 1.29 is 14.3 Å². The first kappa shape index (κ1) is 17.8. The maximum absolute atomic E-state index is 12.7. The van der Waals surface area contributed by atoms with E-state index in [1.165, 1.54) is 19.3 Å². The molecular formula is C20H26N4O3. The normalized spacial score (nSPS) is 19.8. The first-order chi connectivity index (χ1) is 13.3. The van der Waals surface area contributed by atoms with Gasteiger partial charge in [-0.05, 0) is 30.9 Å². The van der Waals surface area contributed by atoms with Crippen molar-refractivity contribution in [1.82, 2.24) is 20.1 Å². The fourth-order valence-corrected chi connectivity index (χ4v) is 4.09. The third kappa shape index (κ3) is 3.77. The number of hydrogen-bond acceptors (Lipinski definition) is 5. The summed E-state index contributed by atoms with van der Waals surface area (Å²) >= 11 is 0. The number of carbonyl (C=O) groups is 1. The maximum atomic E-state index is 12.7. The van der Waals surface area contributed by atoms with Crippen LogP contribution in [0.5, 0.6) is 11.5 Å². The summed E-state index contributed by atoms with van der Waals surface area (Å²) in [6.45, 7) is 0.755. The molecule has 1 aliphatic carbocycles. The zero-order valence-electron chi connectivity index (χ0n) is 15.7. The zero-order valence-corrected chi connectivity index (χ0v) is 15.7. The van der Waals surface area contributed by atoms with Crippen LogP contribution in [0.3, 0.4) is 0 Å². The number of methoxy groups -OCH3 is 1. The van der Waals surface area contributed by atoms with Crippen LogP contribution in [-0.4, -0.2) is 34.4 Å². The van der Waals surface area contributed by atoms with Crippen molar-refractivity contribution in [2.75, 3.05) is 13.7 Å². The van der Waals surface area contributed by atoms with E-state index in [2.05, 4.69) is 20.1 Å². The number of carbonyl (C=O) groups excluding carboxylic acids is 1. The van der Waals surface area contributed by atoms with E-state index >= 15 is 0 Å². The molecule has 0 bridgehead atoms. The molecule has 7 nitrogen and oxygen atoms in total. The summed E-state index contributed by atoms with van der Waals surface area (Å²) in [7, 11) is 1.63. The molecule has 2 heterocycles. The molecule has 27 heavy (non-hydrogen) atoms. The second-order valence-corrected chi connectivity index (χ2v) is 7.32. The average Bonchev–Trinajstić information content (AvgIpc) is 3.20. The molecule has 1 aliphatic heterocycles. The molecule has 7 heteroatoms. The Hall–Kier alpha value is -2.57. The number of ether oxygens (including phenoxy) is 2. The number of amides is 1. The minimum atomic E-state index is -0.212. The lowest BCUT2D eigenvalue weighted by atomic mass is 9.95. The van der Waals surface area contributed by atoms with Crippen LogP contribution in [-0.2, 0) is 17.8 Å². The van der Waals surface area contributed by atoms with Crippen molar-refractivity contribution >= 4 is 5.91 Å². The number of aromatic nitrogens is 3. The van der Waals surface area contributed by atoms with Crippen LogP contribution < -0.4 is 14.8 Å². The number of benzene rings is 1. The van der Waals surface area contributed by atoms with Gasteiger partial charge < -0.3 is 19.4 Å². The second-order valence-electron chi connectivity index (χ2n) is 7.32. The van der Waals surface area contributed by atoms with E-state index < -0.39 is 0 Å². The summed E-state index contributed by atoms with van der Waals surface area (Å²) in [4.78, 5) is 12.7. The minimum absolute atomic E-state index is 0.0123. The molecule has 2 aromatic rings. The Morgan fingerprint density at radius 3 is 3.00 bits per heavy atom. The average molecular weight is 370 g/mol. The number of rotatable bonds is 5. The van der Waals surface area contributed by atoms with Gasteiger partial charge in [-0.3, -0.25) is 4.79 Å². The van der Waals surface area contributed by atoms with E-state index in [1.807, 2.05) is 18.2 Å². The number of nitrogens with one attached hydrogen (secondary N) is 1. The highest BCUT2D eigenvalue weighted by molar-refractivity contribution is 5.79. The number of para-hydroxylation sites is 1. The largest absolute Gasteiger partial charge is 0.493 e. The van der Waals surface area contributed by atoms with Crippen molar-refractivity contribution in [2.24, 2.45) is 5.92 Å². The molecule has 1 atom stereocenters. The monoisotopic (exact) mass is 370 g/mol. The van der Waals surface area contributed by atoms with Gasteiger partial charge in [0.1, 0.15) is 12.9 Å². The lowest BCUT2D eigenvalue weighted by molar-refractivity contribution is -0.126. The summed E-state index contributed by atoms with van der Waals surface area (Å²) in [5, 5.41) is 11.3. The van der Waals surface area contributed by atoms with Crippen LogP contribution in [0, 0.1) is 5.92 Å². The SMILES string of the molecule is COc1cccc2c1OC[C@@H](C(=O)NCc1nncn1C1CCCCC1)C2. The van der Waals surface area contributed by atoms with E-state index in [0.717, 1.165) is 30.0 Å². The van der Waals surface area contributed by atoms with Gasteiger partial charge >= 0.3 is 0 Å². The van der Waals surface area contributed by atoms with Crippen molar-refractivity contribution in [1.29, 1.82) is 0 Å². The van der Waals surface area contributed by atoms with E-state index in [0.29, 0.717) is 31.4 Å². The first-order valence-corrected chi connectivity index (χ1v) is 9.71. The molecule has 0 unspecified atom stereocenters. The molecule has 4 rings (SSSR count). The Labute approximate surface area is 159 Å². The molecule has 144 valence electrons. The lowest BCUT2D eigenvalue weighted by Gasteiger charge is -2.26. The predicted molar refractivity (Wildman–Crippen MR) is 99.7 cm³/mol. The second kappa shape index (κ2) is 7.98. The van der Waals surface area contributed by atoms with E-state index in [9.17, 15) is 4.79 Å². The lowest BCUT2D eigenvalue weighted by Crippen LogP contribution is -2.37. The number of fused-ring (bicyclic) bond motifs is 1. The van der Waals surface area contributed by atoms with E-state index in [-0.39, 0.29) is 11.8 Å². The molecule has 0 saturated heterocycles. The minimum Gasteiger partial charge on any atom is -0.493 e. The van der Waals surface area contributed by atoms with Gasteiger partial charge in [-0.1, -0.05) is 31.4 Å². The van der Waals surface area contributed by atoms with Gasteiger partial charge in [0.25, 0.3) is 0 Å². The third-order valence-electron chi connectivity index (χ3n) is 5.58. The molecular weight excluding hydrogens is 344 g/mol. The Morgan fingerprint density at radius 2 is 2.19 bits per heavy atom. The molecule has 1 amide bonds. The van der Waals surface area contributed by atoms with Crippen LogP contribution in [0.2, 0.25) is 0 Å². The van der Waals surface area contributed by atoms with E-state index in [4.69, 9.17) is 9.47 Å². The highest BCUT2D eigenvalue weighted by Crippen LogP contribution is 2.36. The molecule has 1 saturated carbocycles. The smallest absolute Gasteiger partial charge is 0.227 e. The standard InChI is InChI=1S/C20H26N4O3/c1-26-17-9-5-6-14-10-15(12-27-19(14)17)20(25)21-11-18-23-22-13-24(18)16-7-3-2-4-8-16/h5-6,9,13,15-16H,2-4,7-8,10-12H2,1H3,(H,21,25)/t15-/m0/s1. The van der Waals surface area contributed by atoms with Crippen LogP contribution in [0.15, 0.2) is 24.5 Å². The number of nitrogens with zero attached hydrogens (tertiary/aromatic N) is 3. The van der Waals surface area contributed by atoms with E-state index in [1.54, 1.807) is 13.4 Å². The predicted octanol–water partition coefficient (Wildman–Crippen LogP) is 2.66. The highest BCUT2D eigenvalue weighted by atomic mass is 16.5. The Kier molecular flexibility index (Phi) is 5.27. The summed E-state index contributed by atoms with van der Waals surface area (Å²) < 4.78 is 13.3. The van der Waals surface area contributed by atoms with Crippen LogP contribution in [0.1, 0.15) is 49.5 Å². The van der Waals surface area contributed by atoms with Gasteiger partial charge in [0.2, 0.25) is 5.91 Å². The summed E-state index contributed by atoms with van der Waals surface area (Å²) in [5.74, 6) is 2.07. The number of hydrogen-bond donors (Lipinski definition) is 1. The Morgan fingerprint density at radius 1 is 1.33 bits per heavy atom. The fraction of sp³-hybridized carbons (Fsp3) is 0.550. The quantitative estimate of drug-likeness (QED) is 0.875. The van der Waals surface area contributed by atoms with Crippen molar-refractivity contribution in [3.63, 3.8) is 0 Å². The zero-order chi connectivity index (χ0) is 18.6. The van der Waals surface area contributed by atoms with Crippen molar-refractivity contribution in [2.45, 2.75) is 51.1 Å². The summed E-state index contributed by atoms with van der Waals surface area (Å²) in [6, 6.07) is 6.24. The summed E-state index contributed by atoms with van der Waals surface area (Å²) in [5.41, 5.74) is 1.01.